The number of thiophene rings is 1. The maximum atomic E-state index is 12.9. The van der Waals surface area contributed by atoms with Crippen LogP contribution >= 0.6 is 11.3 Å². The minimum atomic E-state index is -0.0154. The molecule has 4 aromatic rings. The molecule has 170 valence electrons. The van der Waals surface area contributed by atoms with Gasteiger partial charge in [0.1, 0.15) is 5.76 Å². The highest BCUT2D eigenvalue weighted by atomic mass is 32.1. The molecule has 0 aliphatic carbocycles. The van der Waals surface area contributed by atoms with E-state index in [-0.39, 0.29) is 18.4 Å². The van der Waals surface area contributed by atoms with Crippen molar-refractivity contribution < 1.29 is 13.7 Å². The molecule has 1 amide bonds. The fourth-order valence-corrected chi connectivity index (χ4v) is 4.63. The van der Waals surface area contributed by atoms with Crippen LogP contribution in [0.1, 0.15) is 30.3 Å². The van der Waals surface area contributed by atoms with Crippen LogP contribution in [0.2, 0.25) is 0 Å². The first-order chi connectivity index (χ1) is 16.1. The molecule has 1 aromatic carbocycles. The van der Waals surface area contributed by atoms with Crippen LogP contribution in [0.5, 0.6) is 0 Å². The second kappa shape index (κ2) is 9.29. The first-order valence-corrected chi connectivity index (χ1v) is 11.9. The molecule has 0 N–H and O–H groups in total. The van der Waals surface area contributed by atoms with Crippen molar-refractivity contribution in [2.45, 2.75) is 26.3 Å². The highest BCUT2D eigenvalue weighted by Crippen LogP contribution is 2.27. The van der Waals surface area contributed by atoms with Gasteiger partial charge in [-0.15, -0.1) is 11.3 Å². The molecule has 33 heavy (non-hydrogen) atoms. The summed E-state index contributed by atoms with van der Waals surface area (Å²) in [6, 6.07) is 13.7. The standard InChI is InChI=1S/C24H25N5O3S/c1-16(23-26-22(27-32-23)18-7-4-3-5-8-18)28-10-12-29(13-11-28)21(30)15-19-17(2)31-24(25-19)20-9-6-14-33-20/h3-9,14,16H,10-13,15H2,1-2H3/t16-/m1/s1. The van der Waals surface area contributed by atoms with Crippen molar-refractivity contribution in [3.63, 3.8) is 0 Å². The third-order valence-corrected chi connectivity index (χ3v) is 6.85. The summed E-state index contributed by atoms with van der Waals surface area (Å²) >= 11 is 1.57. The van der Waals surface area contributed by atoms with Crippen molar-refractivity contribution in [3.8, 4) is 22.2 Å². The molecule has 0 saturated carbocycles. The molecule has 0 bridgehead atoms. The summed E-state index contributed by atoms with van der Waals surface area (Å²) in [5.74, 6) is 2.53. The molecule has 1 atom stereocenters. The van der Waals surface area contributed by atoms with Crippen LogP contribution in [-0.2, 0) is 11.2 Å². The molecule has 1 fully saturated rings. The first-order valence-electron chi connectivity index (χ1n) is 11.0. The van der Waals surface area contributed by atoms with E-state index in [9.17, 15) is 4.79 Å². The van der Waals surface area contributed by atoms with E-state index in [2.05, 4.69) is 26.9 Å². The fourth-order valence-electron chi connectivity index (χ4n) is 3.98. The molecule has 3 aromatic heterocycles. The smallest absolute Gasteiger partial charge is 0.244 e. The van der Waals surface area contributed by atoms with Gasteiger partial charge in [-0.1, -0.05) is 41.6 Å². The minimum Gasteiger partial charge on any atom is -0.440 e. The van der Waals surface area contributed by atoms with Gasteiger partial charge in [0, 0.05) is 31.7 Å². The lowest BCUT2D eigenvalue weighted by Gasteiger charge is -2.36. The Morgan fingerprint density at radius 1 is 1.09 bits per heavy atom. The Morgan fingerprint density at radius 3 is 2.61 bits per heavy atom. The zero-order chi connectivity index (χ0) is 22.8. The fraction of sp³-hybridized carbons (Fsp3) is 0.333. The van der Waals surface area contributed by atoms with Gasteiger partial charge in [-0.05, 0) is 25.3 Å². The Morgan fingerprint density at radius 2 is 1.88 bits per heavy atom. The summed E-state index contributed by atoms with van der Waals surface area (Å²) in [5, 5.41) is 6.11. The van der Waals surface area contributed by atoms with Gasteiger partial charge < -0.3 is 13.8 Å². The highest BCUT2D eigenvalue weighted by molar-refractivity contribution is 7.13. The Balaban J connectivity index is 1.17. The number of hydrogen-bond donors (Lipinski definition) is 0. The van der Waals surface area contributed by atoms with E-state index in [4.69, 9.17) is 8.94 Å². The molecular weight excluding hydrogens is 438 g/mol. The normalized spacial score (nSPS) is 15.6. The van der Waals surface area contributed by atoms with Crippen molar-refractivity contribution in [2.75, 3.05) is 26.2 Å². The molecule has 1 saturated heterocycles. The quantitative estimate of drug-likeness (QED) is 0.423. The molecule has 4 heterocycles. The maximum absolute atomic E-state index is 12.9. The summed E-state index contributed by atoms with van der Waals surface area (Å²) < 4.78 is 11.3. The average molecular weight is 464 g/mol. The summed E-state index contributed by atoms with van der Waals surface area (Å²) in [7, 11) is 0. The number of hydrogen-bond acceptors (Lipinski definition) is 8. The zero-order valence-electron chi connectivity index (χ0n) is 18.6. The number of carbonyl (C=O) groups is 1. The van der Waals surface area contributed by atoms with Crippen LogP contribution in [-0.4, -0.2) is 57.0 Å². The number of oxazole rings is 1. The molecular formula is C24H25N5O3S. The van der Waals surface area contributed by atoms with Crippen LogP contribution in [0.4, 0.5) is 0 Å². The van der Waals surface area contributed by atoms with Crippen LogP contribution in [0.25, 0.3) is 22.2 Å². The maximum Gasteiger partial charge on any atom is 0.244 e. The first kappa shape index (κ1) is 21.5. The van der Waals surface area contributed by atoms with E-state index in [0.29, 0.717) is 42.1 Å². The molecule has 0 spiro atoms. The summed E-state index contributed by atoms with van der Waals surface area (Å²) in [4.78, 5) is 27.2. The molecule has 1 aliphatic heterocycles. The summed E-state index contributed by atoms with van der Waals surface area (Å²) in [6.07, 6.45) is 0.250. The van der Waals surface area contributed by atoms with Crippen molar-refractivity contribution in [1.29, 1.82) is 0 Å². The highest BCUT2D eigenvalue weighted by Gasteiger charge is 2.28. The van der Waals surface area contributed by atoms with Crippen molar-refractivity contribution in [2.24, 2.45) is 0 Å². The number of aromatic nitrogens is 3. The van der Waals surface area contributed by atoms with Crippen LogP contribution in [0, 0.1) is 6.92 Å². The molecule has 0 radical (unpaired) electrons. The van der Waals surface area contributed by atoms with Crippen molar-refractivity contribution in [3.05, 3.63) is 65.2 Å². The average Bonchev–Trinajstić information content (AvgIpc) is 3.61. The lowest BCUT2D eigenvalue weighted by molar-refractivity contribution is -0.132. The monoisotopic (exact) mass is 463 g/mol. The van der Waals surface area contributed by atoms with Gasteiger partial charge in [0.2, 0.25) is 23.5 Å². The van der Waals surface area contributed by atoms with E-state index >= 15 is 0 Å². The Kier molecular flexibility index (Phi) is 6.06. The number of amides is 1. The van der Waals surface area contributed by atoms with Crippen LogP contribution in [0.3, 0.4) is 0 Å². The number of piperazine rings is 1. The second-order valence-electron chi connectivity index (χ2n) is 8.09. The van der Waals surface area contributed by atoms with E-state index in [1.54, 1.807) is 11.3 Å². The lowest BCUT2D eigenvalue weighted by Crippen LogP contribution is -2.49. The second-order valence-corrected chi connectivity index (χ2v) is 9.04. The van der Waals surface area contributed by atoms with Crippen molar-refractivity contribution >= 4 is 17.2 Å². The summed E-state index contributed by atoms with van der Waals surface area (Å²) in [5.41, 5.74) is 1.64. The lowest BCUT2D eigenvalue weighted by atomic mass is 10.2. The van der Waals surface area contributed by atoms with Crippen molar-refractivity contribution in [1.82, 2.24) is 24.9 Å². The van der Waals surface area contributed by atoms with Crippen LogP contribution in [0.15, 0.2) is 56.8 Å². The molecule has 9 heteroatoms. The van der Waals surface area contributed by atoms with Gasteiger partial charge in [0.05, 0.1) is 23.0 Å². The summed E-state index contributed by atoms with van der Waals surface area (Å²) in [6.45, 7) is 6.71. The number of rotatable bonds is 6. The third-order valence-electron chi connectivity index (χ3n) is 5.99. The largest absolute Gasteiger partial charge is 0.440 e. The van der Waals surface area contributed by atoms with Gasteiger partial charge >= 0.3 is 0 Å². The van der Waals surface area contributed by atoms with Gasteiger partial charge in [0.25, 0.3) is 0 Å². The Hall–Kier alpha value is -3.30. The molecule has 8 nitrogen and oxygen atoms in total. The number of carbonyl (C=O) groups excluding carboxylic acids is 1. The SMILES string of the molecule is Cc1oc(-c2cccs2)nc1CC(=O)N1CCN([C@H](C)c2nc(-c3ccccc3)no2)CC1. The Bertz CT molecular complexity index is 1210. The third kappa shape index (κ3) is 4.60. The van der Waals surface area contributed by atoms with E-state index in [0.717, 1.165) is 23.5 Å². The number of benzene rings is 1. The number of nitrogens with zero attached hydrogens (tertiary/aromatic N) is 5. The molecule has 1 aliphatic rings. The van der Waals surface area contributed by atoms with E-state index < -0.39 is 0 Å². The number of aryl methyl sites for hydroxylation is 1. The van der Waals surface area contributed by atoms with Crippen LogP contribution < -0.4 is 0 Å². The van der Waals surface area contributed by atoms with E-state index in [1.165, 1.54) is 0 Å². The minimum absolute atomic E-state index is 0.0154. The Labute approximate surface area is 195 Å². The van der Waals surface area contributed by atoms with Gasteiger partial charge in [-0.2, -0.15) is 4.98 Å². The van der Waals surface area contributed by atoms with Gasteiger partial charge in [-0.25, -0.2) is 4.98 Å². The van der Waals surface area contributed by atoms with Gasteiger partial charge in [-0.3, -0.25) is 9.69 Å². The predicted molar refractivity (Wildman–Crippen MR) is 125 cm³/mol. The van der Waals surface area contributed by atoms with Gasteiger partial charge in [0.15, 0.2) is 0 Å². The zero-order valence-corrected chi connectivity index (χ0v) is 19.4. The predicted octanol–water partition coefficient (Wildman–Crippen LogP) is 4.21. The molecule has 5 rings (SSSR count). The molecule has 0 unspecified atom stereocenters. The van der Waals surface area contributed by atoms with E-state index in [1.807, 2.05) is 59.7 Å². The topological polar surface area (TPSA) is 88.5 Å².